The molecular weight excluding hydrogens is 188 g/mol. The molecule has 0 atom stereocenters. The van der Waals surface area contributed by atoms with Gasteiger partial charge in [-0.3, -0.25) is 5.43 Å². The maximum atomic E-state index is 5.04. The number of thiocarbonyl (C=S) groups is 1. The molecule has 1 fully saturated rings. The molecule has 6 heteroatoms. The van der Waals surface area contributed by atoms with E-state index in [1.807, 2.05) is 6.92 Å². The summed E-state index contributed by atoms with van der Waals surface area (Å²) in [7, 11) is 0. The molecule has 0 aromatic rings. The molecule has 78 valence electrons. The molecule has 0 amide bonds. The van der Waals surface area contributed by atoms with Gasteiger partial charge in [-0.25, -0.2) is 5.43 Å². The molecule has 0 spiro atoms. The molecular formula is C7H18N4OS. The first-order chi connectivity index (χ1) is 6.27. The van der Waals surface area contributed by atoms with Gasteiger partial charge in [0, 0.05) is 19.6 Å². The van der Waals surface area contributed by atoms with Gasteiger partial charge in [-0.2, -0.15) is 0 Å². The van der Waals surface area contributed by atoms with Gasteiger partial charge >= 0.3 is 0 Å². The van der Waals surface area contributed by atoms with Crippen molar-refractivity contribution in [3.63, 3.8) is 0 Å². The van der Waals surface area contributed by atoms with Crippen LogP contribution in [0.5, 0.6) is 0 Å². The number of ether oxygens (including phenoxy) is 1. The van der Waals surface area contributed by atoms with Crippen molar-refractivity contribution in [2.24, 2.45) is 5.73 Å². The maximum absolute atomic E-state index is 5.04. The highest BCUT2D eigenvalue weighted by molar-refractivity contribution is 7.80. The lowest BCUT2D eigenvalue weighted by atomic mass is 10.5. The SMILES string of the molecule is C1COCCN1.CCNNC(N)=S. The molecule has 5 nitrogen and oxygen atoms in total. The Morgan fingerprint density at radius 2 is 2.15 bits per heavy atom. The van der Waals surface area contributed by atoms with Gasteiger partial charge in [0.1, 0.15) is 0 Å². The molecule has 1 saturated heterocycles. The summed E-state index contributed by atoms with van der Waals surface area (Å²) < 4.78 is 5.01. The Labute approximate surface area is 84.4 Å². The van der Waals surface area contributed by atoms with Crippen molar-refractivity contribution >= 4 is 17.3 Å². The second-order valence-electron chi connectivity index (χ2n) is 2.38. The van der Waals surface area contributed by atoms with Gasteiger partial charge in [-0.05, 0) is 12.2 Å². The van der Waals surface area contributed by atoms with E-state index in [-0.39, 0.29) is 5.11 Å². The van der Waals surface area contributed by atoms with Crippen LogP contribution in [0.3, 0.4) is 0 Å². The van der Waals surface area contributed by atoms with E-state index < -0.39 is 0 Å². The highest BCUT2D eigenvalue weighted by Gasteiger charge is 1.92. The van der Waals surface area contributed by atoms with Crippen molar-refractivity contribution in [3.8, 4) is 0 Å². The Balaban J connectivity index is 0.000000223. The van der Waals surface area contributed by atoms with Gasteiger partial charge < -0.3 is 15.8 Å². The van der Waals surface area contributed by atoms with E-state index in [0.29, 0.717) is 0 Å². The van der Waals surface area contributed by atoms with Gasteiger partial charge in [-0.1, -0.05) is 6.92 Å². The molecule has 1 rings (SSSR count). The fourth-order valence-corrected chi connectivity index (χ4v) is 0.763. The zero-order chi connectivity index (χ0) is 9.94. The summed E-state index contributed by atoms with van der Waals surface area (Å²) in [6, 6.07) is 0. The average Bonchev–Trinajstić information content (AvgIpc) is 2.18. The molecule has 1 heterocycles. The number of hydrazine groups is 1. The second kappa shape index (κ2) is 9.66. The number of nitrogens with two attached hydrogens (primary N) is 1. The molecule has 13 heavy (non-hydrogen) atoms. The molecule has 0 radical (unpaired) electrons. The molecule has 0 aromatic heterocycles. The summed E-state index contributed by atoms with van der Waals surface area (Å²) >= 11 is 4.47. The van der Waals surface area contributed by atoms with Crippen LogP contribution >= 0.6 is 12.2 Å². The van der Waals surface area contributed by atoms with E-state index >= 15 is 0 Å². The molecule has 1 aliphatic rings. The highest BCUT2D eigenvalue weighted by Crippen LogP contribution is 1.76. The first-order valence-corrected chi connectivity index (χ1v) is 4.75. The van der Waals surface area contributed by atoms with E-state index in [1.165, 1.54) is 0 Å². The van der Waals surface area contributed by atoms with Crippen LogP contribution in [0.15, 0.2) is 0 Å². The Bertz CT molecular complexity index is 118. The minimum absolute atomic E-state index is 0.279. The van der Waals surface area contributed by atoms with Crippen LogP contribution in [0, 0.1) is 0 Å². The summed E-state index contributed by atoms with van der Waals surface area (Å²) in [5.74, 6) is 0. The number of nitrogens with one attached hydrogen (secondary N) is 3. The normalized spacial score (nSPS) is 15.5. The topological polar surface area (TPSA) is 71.3 Å². The van der Waals surface area contributed by atoms with Crippen molar-refractivity contribution in [1.29, 1.82) is 0 Å². The molecule has 0 aromatic carbocycles. The smallest absolute Gasteiger partial charge is 0.178 e. The molecule has 0 bridgehead atoms. The third-order valence-electron chi connectivity index (χ3n) is 1.23. The zero-order valence-electron chi connectivity index (χ0n) is 7.93. The summed E-state index contributed by atoms with van der Waals surface area (Å²) in [4.78, 5) is 0. The quantitative estimate of drug-likeness (QED) is 0.341. The summed E-state index contributed by atoms with van der Waals surface area (Å²) in [6.07, 6.45) is 0. The largest absolute Gasteiger partial charge is 0.379 e. The maximum Gasteiger partial charge on any atom is 0.178 e. The fraction of sp³-hybridized carbons (Fsp3) is 0.857. The van der Waals surface area contributed by atoms with Gasteiger partial charge in [0.25, 0.3) is 0 Å². The van der Waals surface area contributed by atoms with Crippen LogP contribution in [-0.2, 0) is 4.74 Å². The predicted molar refractivity (Wildman–Crippen MR) is 57.3 cm³/mol. The molecule has 0 unspecified atom stereocenters. The Kier molecular flexibility index (Phi) is 9.34. The van der Waals surface area contributed by atoms with Crippen LogP contribution in [0.25, 0.3) is 0 Å². The van der Waals surface area contributed by atoms with Crippen LogP contribution in [0.4, 0.5) is 0 Å². The number of morpholine rings is 1. The number of hydrogen-bond acceptors (Lipinski definition) is 4. The second-order valence-corrected chi connectivity index (χ2v) is 2.82. The number of hydrogen-bond donors (Lipinski definition) is 4. The van der Waals surface area contributed by atoms with Crippen molar-refractivity contribution in [1.82, 2.24) is 16.2 Å². The lowest BCUT2D eigenvalue weighted by Crippen LogP contribution is -2.40. The fourth-order valence-electron chi connectivity index (χ4n) is 0.691. The molecule has 0 aliphatic carbocycles. The standard InChI is InChI=1S/C4H9NO.C3H9N3S/c1-3-6-4-2-5-1;1-2-5-6-3(4)7/h5H,1-4H2;5H,2H2,1H3,(H3,4,6,7). The van der Waals surface area contributed by atoms with Gasteiger partial charge in [0.15, 0.2) is 5.11 Å². The minimum atomic E-state index is 0.279. The lowest BCUT2D eigenvalue weighted by molar-refractivity contribution is 0.109. The van der Waals surface area contributed by atoms with E-state index in [2.05, 4.69) is 28.4 Å². The Hall–Kier alpha value is -0.430. The van der Waals surface area contributed by atoms with Gasteiger partial charge in [0.05, 0.1) is 13.2 Å². The first kappa shape index (κ1) is 12.6. The van der Waals surface area contributed by atoms with Crippen LogP contribution in [-0.4, -0.2) is 38.0 Å². The summed E-state index contributed by atoms with van der Waals surface area (Å²) in [6.45, 7) is 6.60. The van der Waals surface area contributed by atoms with Gasteiger partial charge in [0.2, 0.25) is 0 Å². The van der Waals surface area contributed by atoms with Crippen molar-refractivity contribution < 1.29 is 4.74 Å². The van der Waals surface area contributed by atoms with Gasteiger partial charge in [-0.15, -0.1) is 0 Å². The first-order valence-electron chi connectivity index (χ1n) is 4.34. The molecule has 5 N–H and O–H groups in total. The van der Waals surface area contributed by atoms with Crippen molar-refractivity contribution in [2.45, 2.75) is 6.92 Å². The third-order valence-corrected chi connectivity index (χ3v) is 1.34. The van der Waals surface area contributed by atoms with E-state index in [4.69, 9.17) is 10.5 Å². The van der Waals surface area contributed by atoms with E-state index in [1.54, 1.807) is 0 Å². The highest BCUT2D eigenvalue weighted by atomic mass is 32.1. The third kappa shape index (κ3) is 11.6. The zero-order valence-corrected chi connectivity index (χ0v) is 8.75. The molecule has 1 aliphatic heterocycles. The van der Waals surface area contributed by atoms with Crippen LogP contribution in [0.1, 0.15) is 6.92 Å². The van der Waals surface area contributed by atoms with E-state index in [9.17, 15) is 0 Å². The van der Waals surface area contributed by atoms with Crippen LogP contribution < -0.4 is 21.9 Å². The van der Waals surface area contributed by atoms with Crippen molar-refractivity contribution in [2.75, 3.05) is 32.8 Å². The Morgan fingerprint density at radius 3 is 2.31 bits per heavy atom. The molecule has 0 saturated carbocycles. The lowest BCUT2D eigenvalue weighted by Gasteiger charge is -2.10. The Morgan fingerprint density at radius 1 is 1.54 bits per heavy atom. The summed E-state index contributed by atoms with van der Waals surface area (Å²) in [5, 5.41) is 3.44. The monoisotopic (exact) mass is 206 g/mol. The van der Waals surface area contributed by atoms with Crippen LogP contribution in [0.2, 0.25) is 0 Å². The minimum Gasteiger partial charge on any atom is -0.379 e. The average molecular weight is 206 g/mol. The predicted octanol–water partition coefficient (Wildman–Crippen LogP) is -1.05. The van der Waals surface area contributed by atoms with E-state index in [0.717, 1.165) is 32.8 Å². The number of rotatable bonds is 2. The van der Waals surface area contributed by atoms with Crippen molar-refractivity contribution in [3.05, 3.63) is 0 Å². The summed E-state index contributed by atoms with van der Waals surface area (Å²) in [5.41, 5.74) is 10.3.